The van der Waals surface area contributed by atoms with Crippen LogP contribution < -0.4 is 10.1 Å². The summed E-state index contributed by atoms with van der Waals surface area (Å²) in [5.41, 5.74) is 2.56. The van der Waals surface area contributed by atoms with Crippen molar-refractivity contribution in [2.45, 2.75) is 13.5 Å². The first-order valence-electron chi connectivity index (χ1n) is 9.20. The van der Waals surface area contributed by atoms with E-state index in [0.29, 0.717) is 24.0 Å². The predicted octanol–water partition coefficient (Wildman–Crippen LogP) is 4.50. The third-order valence-electron chi connectivity index (χ3n) is 4.74. The maximum atomic E-state index is 12.3. The number of hydrogen-bond acceptors (Lipinski definition) is 3. The number of carbonyl (C=O) groups is 1. The topological polar surface area (TPSA) is 41.6 Å². The Labute approximate surface area is 169 Å². The number of hydrogen-bond donors (Lipinski definition) is 1. The average molecular weight is 388 g/mol. The van der Waals surface area contributed by atoms with E-state index in [2.05, 4.69) is 29.6 Å². The largest absolute Gasteiger partial charge is 0.489 e. The van der Waals surface area contributed by atoms with Crippen molar-refractivity contribution < 1.29 is 9.53 Å². The van der Waals surface area contributed by atoms with E-state index in [0.717, 1.165) is 16.9 Å². The number of ether oxygens (including phenoxy) is 1. The van der Waals surface area contributed by atoms with Gasteiger partial charge in [0.1, 0.15) is 18.1 Å². The molecule has 4 rings (SSSR count). The van der Waals surface area contributed by atoms with Crippen molar-refractivity contribution in [1.82, 2.24) is 10.2 Å². The third kappa shape index (κ3) is 3.62. The van der Waals surface area contributed by atoms with E-state index >= 15 is 0 Å². The van der Waals surface area contributed by atoms with Crippen LogP contribution in [0.4, 0.5) is 0 Å². The highest BCUT2D eigenvalue weighted by atomic mass is 32.1. The van der Waals surface area contributed by atoms with Crippen LogP contribution in [0.5, 0.6) is 5.75 Å². The molecule has 1 aliphatic rings. The van der Waals surface area contributed by atoms with Gasteiger partial charge in [-0.15, -0.1) is 0 Å². The smallest absolute Gasteiger partial charge is 0.276 e. The molecule has 1 heterocycles. The van der Waals surface area contributed by atoms with Crippen LogP contribution in [0.15, 0.2) is 72.4 Å². The summed E-state index contributed by atoms with van der Waals surface area (Å²) in [5, 5.41) is 5.83. The minimum absolute atomic E-state index is 0.0937. The van der Waals surface area contributed by atoms with Gasteiger partial charge in [0.15, 0.2) is 5.11 Å². The average Bonchev–Trinajstić information content (AvgIpc) is 2.99. The molecule has 0 radical (unpaired) electrons. The maximum absolute atomic E-state index is 12.3. The predicted molar refractivity (Wildman–Crippen MR) is 116 cm³/mol. The van der Waals surface area contributed by atoms with Gasteiger partial charge in [0.2, 0.25) is 0 Å². The van der Waals surface area contributed by atoms with Crippen molar-refractivity contribution >= 4 is 40.1 Å². The van der Waals surface area contributed by atoms with Crippen LogP contribution in [0.3, 0.4) is 0 Å². The van der Waals surface area contributed by atoms with Gasteiger partial charge in [-0.05, 0) is 59.2 Å². The molecule has 0 saturated carbocycles. The lowest BCUT2D eigenvalue weighted by atomic mass is 10.1. The molecule has 5 heteroatoms. The molecule has 1 N–H and O–H groups in total. The Morgan fingerprint density at radius 1 is 1.04 bits per heavy atom. The summed E-state index contributed by atoms with van der Waals surface area (Å²) in [4.78, 5) is 13.8. The molecule has 1 saturated heterocycles. The van der Waals surface area contributed by atoms with Gasteiger partial charge in [-0.25, -0.2) is 0 Å². The van der Waals surface area contributed by atoms with Gasteiger partial charge >= 0.3 is 0 Å². The summed E-state index contributed by atoms with van der Waals surface area (Å²) in [6.07, 6.45) is 1.80. The monoisotopic (exact) mass is 388 g/mol. The number of thiocarbonyl (C=S) groups is 1. The Hall–Kier alpha value is -3.18. The molecular weight excluding hydrogens is 368 g/mol. The number of rotatable bonds is 5. The van der Waals surface area contributed by atoms with E-state index in [-0.39, 0.29) is 5.91 Å². The Balaban J connectivity index is 1.46. The van der Waals surface area contributed by atoms with E-state index in [4.69, 9.17) is 17.0 Å². The van der Waals surface area contributed by atoms with E-state index < -0.39 is 0 Å². The Morgan fingerprint density at radius 2 is 1.79 bits per heavy atom. The second-order valence-corrected chi connectivity index (χ2v) is 6.92. The third-order valence-corrected chi connectivity index (χ3v) is 5.07. The summed E-state index contributed by atoms with van der Waals surface area (Å²) >= 11 is 5.18. The molecule has 28 heavy (non-hydrogen) atoms. The number of likely N-dealkylation sites (N-methyl/N-ethyl adjacent to an activating group) is 1. The Kier molecular flexibility index (Phi) is 5.08. The molecule has 4 nitrogen and oxygen atoms in total. The van der Waals surface area contributed by atoms with E-state index in [1.165, 1.54) is 10.8 Å². The number of carbonyl (C=O) groups excluding carboxylic acids is 1. The fraction of sp³-hybridized carbons (Fsp3) is 0.130. The van der Waals surface area contributed by atoms with Crippen molar-refractivity contribution in [1.29, 1.82) is 0 Å². The van der Waals surface area contributed by atoms with E-state index in [1.54, 1.807) is 11.0 Å². The van der Waals surface area contributed by atoms with Crippen LogP contribution in [0.25, 0.3) is 16.8 Å². The highest BCUT2D eigenvalue weighted by Crippen LogP contribution is 2.22. The van der Waals surface area contributed by atoms with E-state index in [9.17, 15) is 4.79 Å². The molecule has 140 valence electrons. The summed E-state index contributed by atoms with van der Waals surface area (Å²) in [6.45, 7) is 2.96. The normalized spacial score (nSPS) is 15.3. The molecule has 0 atom stereocenters. The minimum atomic E-state index is -0.0937. The highest BCUT2D eigenvalue weighted by Gasteiger charge is 2.28. The molecule has 0 aliphatic carbocycles. The summed E-state index contributed by atoms with van der Waals surface area (Å²) in [5.74, 6) is 0.690. The Morgan fingerprint density at radius 3 is 2.54 bits per heavy atom. The molecular formula is C23H20N2O2S. The second kappa shape index (κ2) is 7.82. The lowest BCUT2D eigenvalue weighted by molar-refractivity contribution is -0.122. The van der Waals surface area contributed by atoms with E-state index in [1.807, 2.05) is 49.4 Å². The number of amides is 1. The highest BCUT2D eigenvalue weighted by molar-refractivity contribution is 7.80. The molecule has 0 unspecified atom stereocenters. The SMILES string of the molecule is CCN1C(=O)/C(=C\c2ccc(OCc3cccc4ccccc34)cc2)NC1=S. The van der Waals surface area contributed by atoms with Crippen LogP contribution in [-0.2, 0) is 11.4 Å². The quantitative estimate of drug-likeness (QED) is 0.516. The maximum Gasteiger partial charge on any atom is 0.276 e. The van der Waals surface area contributed by atoms with Crippen LogP contribution in [0.1, 0.15) is 18.1 Å². The molecule has 1 amide bonds. The number of benzene rings is 3. The minimum Gasteiger partial charge on any atom is -0.489 e. The standard InChI is InChI=1S/C23H20N2O2S/c1-2-25-22(26)21(24-23(25)28)14-16-10-12-19(13-11-16)27-15-18-8-5-7-17-6-3-4-9-20(17)18/h3-14H,2,15H2,1H3,(H,24,28)/b21-14+. The van der Waals surface area contributed by atoms with Gasteiger partial charge in [-0.2, -0.15) is 0 Å². The van der Waals surface area contributed by atoms with Crippen molar-refractivity contribution in [3.63, 3.8) is 0 Å². The molecule has 0 bridgehead atoms. The summed E-state index contributed by atoms with van der Waals surface area (Å²) in [7, 11) is 0. The first-order valence-corrected chi connectivity index (χ1v) is 9.60. The van der Waals surface area contributed by atoms with Gasteiger partial charge in [-0.3, -0.25) is 9.69 Å². The molecule has 0 spiro atoms. The van der Waals surface area contributed by atoms with Crippen LogP contribution in [-0.4, -0.2) is 22.5 Å². The second-order valence-electron chi connectivity index (χ2n) is 6.53. The fourth-order valence-electron chi connectivity index (χ4n) is 3.27. The lowest BCUT2D eigenvalue weighted by Crippen LogP contribution is -2.30. The first kappa shape index (κ1) is 18.2. The van der Waals surface area contributed by atoms with Crippen LogP contribution >= 0.6 is 12.2 Å². The molecule has 3 aromatic rings. The molecule has 0 aromatic heterocycles. The first-order chi connectivity index (χ1) is 13.7. The molecule has 1 fully saturated rings. The van der Waals surface area contributed by atoms with Crippen LogP contribution in [0.2, 0.25) is 0 Å². The Bertz CT molecular complexity index is 1070. The van der Waals surface area contributed by atoms with Crippen molar-refractivity contribution in [3.8, 4) is 5.75 Å². The molecule has 1 aliphatic heterocycles. The molecule has 3 aromatic carbocycles. The van der Waals surface area contributed by atoms with Gasteiger partial charge in [0.05, 0.1) is 0 Å². The van der Waals surface area contributed by atoms with Crippen LogP contribution in [0, 0.1) is 0 Å². The zero-order valence-corrected chi connectivity index (χ0v) is 16.3. The van der Waals surface area contributed by atoms with Crippen molar-refractivity contribution in [2.24, 2.45) is 0 Å². The number of fused-ring (bicyclic) bond motifs is 1. The van der Waals surface area contributed by atoms with Crippen molar-refractivity contribution in [3.05, 3.63) is 83.6 Å². The summed E-state index contributed by atoms with van der Waals surface area (Å²) < 4.78 is 5.97. The fourth-order valence-corrected chi connectivity index (χ4v) is 3.59. The zero-order valence-electron chi connectivity index (χ0n) is 15.5. The van der Waals surface area contributed by atoms with Crippen molar-refractivity contribution in [2.75, 3.05) is 6.54 Å². The van der Waals surface area contributed by atoms with Gasteiger partial charge in [0, 0.05) is 6.54 Å². The van der Waals surface area contributed by atoms with Gasteiger partial charge < -0.3 is 10.1 Å². The lowest BCUT2D eigenvalue weighted by Gasteiger charge is -2.09. The van der Waals surface area contributed by atoms with Gasteiger partial charge in [-0.1, -0.05) is 54.6 Å². The number of nitrogens with one attached hydrogen (secondary N) is 1. The van der Waals surface area contributed by atoms with Gasteiger partial charge in [0.25, 0.3) is 5.91 Å². The summed E-state index contributed by atoms with van der Waals surface area (Å²) in [6, 6.07) is 22.2. The number of nitrogens with zero attached hydrogens (tertiary/aromatic N) is 1. The zero-order chi connectivity index (χ0) is 19.5.